The van der Waals surface area contributed by atoms with E-state index in [1.54, 1.807) is 0 Å². The minimum atomic E-state index is -4.29. The monoisotopic (exact) mass is 431 g/mol. The van der Waals surface area contributed by atoms with E-state index in [0.717, 1.165) is 36.8 Å². The van der Waals surface area contributed by atoms with Crippen LogP contribution in [-0.2, 0) is 6.54 Å². The maximum atomic E-state index is 12.3. The highest BCUT2D eigenvalue weighted by molar-refractivity contribution is 9.10. The van der Waals surface area contributed by atoms with Crippen molar-refractivity contribution in [1.82, 2.24) is 4.57 Å². The lowest BCUT2D eigenvalue weighted by Crippen LogP contribution is -2.02. The minimum absolute atomic E-state index is 0.159. The lowest BCUT2D eigenvalue weighted by atomic mass is 10.2. The second-order valence-electron chi connectivity index (χ2n) is 4.88. The number of hydrogen-bond donors (Lipinski definition) is 0. The molecule has 1 nitrogen and oxygen atoms in total. The zero-order valence-electron chi connectivity index (χ0n) is 11.2. The Morgan fingerprint density at radius 3 is 1.86 bits per heavy atom. The van der Waals surface area contributed by atoms with Gasteiger partial charge in [-0.2, -0.15) is 13.2 Å². The van der Waals surface area contributed by atoms with Gasteiger partial charge >= 0.3 is 6.18 Å². The van der Waals surface area contributed by atoms with Crippen LogP contribution in [0.25, 0.3) is 21.8 Å². The van der Waals surface area contributed by atoms with Gasteiger partial charge in [0.1, 0.15) is 0 Å². The van der Waals surface area contributed by atoms with Crippen LogP contribution in [0.15, 0.2) is 57.5 Å². The zero-order chi connectivity index (χ0) is 15.9. The van der Waals surface area contributed by atoms with Gasteiger partial charge in [-0.1, -0.05) is 50.1 Å². The van der Waals surface area contributed by atoms with Crippen molar-refractivity contribution in [3.63, 3.8) is 0 Å². The van der Waals surface area contributed by atoms with Crippen LogP contribution < -0.4 is 0 Å². The van der Waals surface area contributed by atoms with Crippen molar-refractivity contribution >= 4 is 53.7 Å². The van der Waals surface area contributed by atoms with Crippen LogP contribution in [0.1, 0.15) is 0 Å². The van der Waals surface area contributed by atoms with Gasteiger partial charge in [-0.25, -0.2) is 0 Å². The van der Waals surface area contributed by atoms with Gasteiger partial charge in [0.05, 0.1) is 11.0 Å². The summed E-state index contributed by atoms with van der Waals surface area (Å²) in [6, 6.07) is 11.6. The summed E-state index contributed by atoms with van der Waals surface area (Å²) in [4.78, 5) is 0. The second kappa shape index (κ2) is 5.74. The number of allylic oxidation sites excluding steroid dienone is 2. The second-order valence-corrected chi connectivity index (χ2v) is 6.71. The molecule has 1 heterocycles. The third-order valence-electron chi connectivity index (χ3n) is 3.39. The van der Waals surface area contributed by atoms with Crippen LogP contribution in [0.3, 0.4) is 0 Å². The molecule has 1 aromatic heterocycles. The fourth-order valence-electron chi connectivity index (χ4n) is 2.53. The van der Waals surface area contributed by atoms with E-state index in [9.17, 15) is 13.2 Å². The molecule has 3 aromatic rings. The average molecular weight is 433 g/mol. The highest BCUT2D eigenvalue weighted by Gasteiger charge is 2.21. The Hall–Kier alpha value is -1.27. The maximum absolute atomic E-state index is 12.3. The van der Waals surface area contributed by atoms with Gasteiger partial charge < -0.3 is 4.57 Å². The predicted octanol–water partition coefficient (Wildman–Crippen LogP) is 6.44. The van der Waals surface area contributed by atoms with Gasteiger partial charge in [-0.05, 0) is 24.3 Å². The van der Waals surface area contributed by atoms with Crippen molar-refractivity contribution < 1.29 is 13.2 Å². The van der Waals surface area contributed by atoms with Gasteiger partial charge in [0.25, 0.3) is 0 Å². The number of aromatic nitrogens is 1. The van der Waals surface area contributed by atoms with E-state index in [0.29, 0.717) is 0 Å². The molecule has 114 valence electrons. The number of rotatable bonds is 2. The fraction of sp³-hybridized carbons (Fsp3) is 0.125. The Bertz CT molecular complexity index is 819. The molecule has 0 aliphatic carbocycles. The molecule has 2 aromatic carbocycles. The molecule has 0 spiro atoms. The van der Waals surface area contributed by atoms with Crippen molar-refractivity contribution in [2.75, 3.05) is 0 Å². The Balaban J connectivity index is 2.21. The lowest BCUT2D eigenvalue weighted by molar-refractivity contribution is -0.0800. The molecular formula is C16H10Br2F3N. The predicted molar refractivity (Wildman–Crippen MR) is 90.0 cm³/mol. The molecule has 0 radical (unpaired) electrons. The Morgan fingerprint density at radius 1 is 0.909 bits per heavy atom. The SMILES string of the molecule is FC(F)(F)/C=C/Cn1c2cc(Br)ccc2c2ccc(Br)cc21. The molecule has 0 N–H and O–H groups in total. The fourth-order valence-corrected chi connectivity index (χ4v) is 3.23. The molecular weight excluding hydrogens is 423 g/mol. The molecule has 0 saturated carbocycles. The molecule has 3 rings (SSSR count). The molecule has 0 saturated heterocycles. The molecule has 0 bridgehead atoms. The average Bonchev–Trinajstić information content (AvgIpc) is 2.70. The first-order valence-corrected chi connectivity index (χ1v) is 8.05. The number of nitrogens with zero attached hydrogens (tertiary/aromatic N) is 1. The van der Waals surface area contributed by atoms with Gasteiger partial charge in [0.2, 0.25) is 0 Å². The Labute approximate surface area is 141 Å². The molecule has 22 heavy (non-hydrogen) atoms. The first kappa shape index (κ1) is 15.6. The van der Waals surface area contributed by atoms with Crippen molar-refractivity contribution in [2.45, 2.75) is 12.7 Å². The molecule has 0 unspecified atom stereocenters. The molecule has 0 amide bonds. The zero-order valence-corrected chi connectivity index (χ0v) is 14.3. The van der Waals surface area contributed by atoms with E-state index >= 15 is 0 Å². The van der Waals surface area contributed by atoms with Gasteiger partial charge in [0, 0.05) is 32.3 Å². The number of benzene rings is 2. The Kier molecular flexibility index (Phi) is 4.07. The molecule has 0 atom stereocenters. The van der Waals surface area contributed by atoms with Crippen LogP contribution in [-0.4, -0.2) is 10.7 Å². The summed E-state index contributed by atoms with van der Waals surface area (Å²) in [7, 11) is 0. The van der Waals surface area contributed by atoms with Crippen LogP contribution >= 0.6 is 31.9 Å². The molecule has 6 heteroatoms. The van der Waals surface area contributed by atoms with Crippen molar-refractivity contribution in [1.29, 1.82) is 0 Å². The summed E-state index contributed by atoms with van der Waals surface area (Å²) in [6.45, 7) is 0.159. The quantitative estimate of drug-likeness (QED) is 0.410. The van der Waals surface area contributed by atoms with Crippen LogP contribution in [0, 0.1) is 0 Å². The summed E-state index contributed by atoms with van der Waals surface area (Å²) in [6.07, 6.45) is -2.87. The topological polar surface area (TPSA) is 4.93 Å². The van der Waals surface area contributed by atoms with E-state index in [-0.39, 0.29) is 12.6 Å². The molecule has 0 fully saturated rings. The first-order chi connectivity index (χ1) is 10.3. The Morgan fingerprint density at radius 2 is 1.41 bits per heavy atom. The van der Waals surface area contributed by atoms with E-state index < -0.39 is 6.18 Å². The highest BCUT2D eigenvalue weighted by Crippen LogP contribution is 2.32. The summed E-state index contributed by atoms with van der Waals surface area (Å²) in [5.74, 6) is 0. The van der Waals surface area contributed by atoms with Crippen LogP contribution in [0.2, 0.25) is 0 Å². The number of fused-ring (bicyclic) bond motifs is 3. The van der Waals surface area contributed by atoms with Crippen molar-refractivity contribution in [3.05, 3.63) is 57.5 Å². The normalized spacial score (nSPS) is 12.8. The number of alkyl halides is 3. The van der Waals surface area contributed by atoms with E-state index in [2.05, 4.69) is 31.9 Å². The van der Waals surface area contributed by atoms with Gasteiger partial charge in [0.15, 0.2) is 0 Å². The molecule has 0 aliphatic heterocycles. The number of hydrogen-bond acceptors (Lipinski definition) is 0. The van der Waals surface area contributed by atoms with Crippen LogP contribution in [0.5, 0.6) is 0 Å². The molecule has 0 aliphatic rings. The van der Waals surface area contributed by atoms with Gasteiger partial charge in [-0.3, -0.25) is 0 Å². The summed E-state index contributed by atoms with van der Waals surface area (Å²) in [5, 5.41) is 2.04. The third-order valence-corrected chi connectivity index (χ3v) is 4.37. The van der Waals surface area contributed by atoms with Crippen molar-refractivity contribution in [2.24, 2.45) is 0 Å². The lowest BCUT2D eigenvalue weighted by Gasteiger charge is -2.05. The van der Waals surface area contributed by atoms with Crippen molar-refractivity contribution in [3.8, 4) is 0 Å². The summed E-state index contributed by atoms with van der Waals surface area (Å²) >= 11 is 6.84. The minimum Gasteiger partial charge on any atom is -0.337 e. The largest absolute Gasteiger partial charge is 0.409 e. The van der Waals surface area contributed by atoms with E-state index in [1.807, 2.05) is 41.0 Å². The number of halogens is 5. The highest BCUT2D eigenvalue weighted by atomic mass is 79.9. The van der Waals surface area contributed by atoms with Crippen LogP contribution in [0.4, 0.5) is 13.2 Å². The smallest absolute Gasteiger partial charge is 0.337 e. The van der Waals surface area contributed by atoms with E-state index in [1.165, 1.54) is 0 Å². The first-order valence-electron chi connectivity index (χ1n) is 6.46. The van der Waals surface area contributed by atoms with E-state index in [4.69, 9.17) is 0 Å². The van der Waals surface area contributed by atoms with Gasteiger partial charge in [-0.15, -0.1) is 0 Å². The summed E-state index contributed by atoms with van der Waals surface area (Å²) in [5.41, 5.74) is 1.79. The maximum Gasteiger partial charge on any atom is 0.409 e. The third kappa shape index (κ3) is 3.08. The summed E-state index contributed by atoms with van der Waals surface area (Å²) < 4.78 is 40.6. The standard InChI is InChI=1S/C16H10Br2F3N/c17-10-2-4-12-13-5-3-11(18)9-15(13)22(14(12)8-10)7-1-6-16(19,20)21/h1-6,8-9H,7H2/b6-1+.